The van der Waals surface area contributed by atoms with Crippen LogP contribution in [0.15, 0.2) is 42.5 Å². The summed E-state index contributed by atoms with van der Waals surface area (Å²) >= 11 is 6.42. The Morgan fingerprint density at radius 2 is 1.76 bits per heavy atom. The van der Waals surface area contributed by atoms with Crippen LogP contribution in [0.25, 0.3) is 0 Å². The topological polar surface area (TPSA) is 86.8 Å². The van der Waals surface area contributed by atoms with Crippen LogP contribution in [0.2, 0.25) is 5.02 Å². The summed E-state index contributed by atoms with van der Waals surface area (Å²) in [6, 6.07) is 12.4. The number of carbonyl (C=O) groups is 2. The summed E-state index contributed by atoms with van der Waals surface area (Å²) in [5, 5.41) is 3.68. The minimum absolute atomic E-state index is 0.106. The highest BCUT2D eigenvalue weighted by molar-refractivity contribution is 7.92. The average Bonchev–Trinajstić information content (AvgIpc) is 3.37. The number of benzene rings is 2. The van der Waals surface area contributed by atoms with Gasteiger partial charge in [-0.3, -0.25) is 13.9 Å². The number of carbonyl (C=O) groups excluding carboxylic acids is 2. The molecule has 0 spiro atoms. The molecule has 2 aromatic carbocycles. The van der Waals surface area contributed by atoms with Crippen LogP contribution in [0.4, 0.5) is 5.69 Å². The molecule has 0 saturated heterocycles. The van der Waals surface area contributed by atoms with Crippen LogP contribution in [0.3, 0.4) is 0 Å². The second-order valence-electron chi connectivity index (χ2n) is 10.2. The van der Waals surface area contributed by atoms with E-state index in [0.717, 1.165) is 42.4 Å². The van der Waals surface area contributed by atoms with E-state index in [1.165, 1.54) is 10.6 Å². The van der Waals surface area contributed by atoms with Gasteiger partial charge in [0.25, 0.3) is 0 Å². The van der Waals surface area contributed by atoms with Gasteiger partial charge in [0.05, 0.1) is 11.9 Å². The van der Waals surface area contributed by atoms with Gasteiger partial charge in [-0.2, -0.15) is 0 Å². The molecule has 0 bridgehead atoms. The van der Waals surface area contributed by atoms with Crippen LogP contribution in [-0.4, -0.2) is 50.0 Å². The monoisotopic (exact) mass is 561 g/mol. The first-order valence-corrected chi connectivity index (χ1v) is 15.6. The number of nitrogens with one attached hydrogen (secondary N) is 1. The van der Waals surface area contributed by atoms with Crippen molar-refractivity contribution in [3.8, 4) is 0 Å². The fourth-order valence-corrected chi connectivity index (χ4v) is 6.30. The fraction of sp³-hybridized carbons (Fsp3) is 0.517. The van der Waals surface area contributed by atoms with Gasteiger partial charge in [0.15, 0.2) is 0 Å². The number of hydrogen-bond acceptors (Lipinski definition) is 4. The molecule has 0 unspecified atom stereocenters. The summed E-state index contributed by atoms with van der Waals surface area (Å²) in [6.07, 6.45) is 6.18. The number of rotatable bonds is 12. The summed E-state index contributed by atoms with van der Waals surface area (Å²) in [7, 11) is -3.55. The molecule has 2 aromatic rings. The van der Waals surface area contributed by atoms with Crippen molar-refractivity contribution in [1.29, 1.82) is 0 Å². The normalized spacial score (nSPS) is 14.8. The molecule has 9 heteroatoms. The third kappa shape index (κ3) is 7.73. The Labute approximate surface area is 232 Å². The van der Waals surface area contributed by atoms with Crippen molar-refractivity contribution >= 4 is 39.1 Å². The SMILES string of the molecule is CC[C@H](C(=O)NC1CCCC1)N(Cc1ccccc1Cl)C(=O)CCCN(c1cccc(C)c1C)S(C)(=O)=O. The number of aryl methyl sites for hydroxylation is 1. The molecule has 1 saturated carbocycles. The molecule has 1 atom stereocenters. The fourth-order valence-electron chi connectivity index (χ4n) is 5.09. The van der Waals surface area contributed by atoms with Crippen molar-refractivity contribution in [2.24, 2.45) is 0 Å². The lowest BCUT2D eigenvalue weighted by molar-refractivity contribution is -0.141. The van der Waals surface area contributed by atoms with Crippen molar-refractivity contribution in [1.82, 2.24) is 10.2 Å². The Kier molecular flexibility index (Phi) is 10.6. The van der Waals surface area contributed by atoms with Gasteiger partial charge in [0.2, 0.25) is 21.8 Å². The maximum Gasteiger partial charge on any atom is 0.243 e. The zero-order valence-electron chi connectivity index (χ0n) is 22.9. The van der Waals surface area contributed by atoms with E-state index in [9.17, 15) is 18.0 Å². The highest BCUT2D eigenvalue weighted by atomic mass is 35.5. The molecule has 7 nitrogen and oxygen atoms in total. The molecule has 2 amide bonds. The van der Waals surface area contributed by atoms with E-state index < -0.39 is 16.1 Å². The Balaban J connectivity index is 1.79. The van der Waals surface area contributed by atoms with Crippen molar-refractivity contribution in [3.63, 3.8) is 0 Å². The Morgan fingerprint density at radius 3 is 2.39 bits per heavy atom. The van der Waals surface area contributed by atoms with Crippen molar-refractivity contribution in [2.75, 3.05) is 17.1 Å². The summed E-state index contributed by atoms with van der Waals surface area (Å²) in [5.41, 5.74) is 3.27. The highest BCUT2D eigenvalue weighted by Crippen LogP contribution is 2.26. The second kappa shape index (κ2) is 13.5. The van der Waals surface area contributed by atoms with Gasteiger partial charge >= 0.3 is 0 Å². The molecule has 0 aromatic heterocycles. The Bertz CT molecular complexity index is 1230. The number of nitrogens with zero attached hydrogens (tertiary/aromatic N) is 2. The zero-order valence-corrected chi connectivity index (χ0v) is 24.4. The predicted octanol–water partition coefficient (Wildman–Crippen LogP) is 5.37. The van der Waals surface area contributed by atoms with Crippen LogP contribution in [0.1, 0.15) is 68.6 Å². The Hall–Kier alpha value is -2.58. The van der Waals surface area contributed by atoms with Crippen LogP contribution < -0.4 is 9.62 Å². The van der Waals surface area contributed by atoms with E-state index in [1.807, 2.05) is 51.1 Å². The van der Waals surface area contributed by atoms with Gasteiger partial charge in [-0.25, -0.2) is 8.42 Å². The van der Waals surface area contributed by atoms with Crippen molar-refractivity contribution < 1.29 is 18.0 Å². The molecule has 1 fully saturated rings. The van der Waals surface area contributed by atoms with Crippen LogP contribution in [-0.2, 0) is 26.2 Å². The largest absolute Gasteiger partial charge is 0.352 e. The zero-order chi connectivity index (χ0) is 27.9. The molecule has 0 radical (unpaired) electrons. The van der Waals surface area contributed by atoms with Gasteiger partial charge in [-0.05, 0) is 68.4 Å². The molecule has 38 heavy (non-hydrogen) atoms. The molecule has 3 rings (SSSR count). The predicted molar refractivity (Wildman–Crippen MR) is 154 cm³/mol. The first-order chi connectivity index (χ1) is 18.0. The van der Waals surface area contributed by atoms with E-state index in [0.29, 0.717) is 23.6 Å². The maximum atomic E-state index is 13.6. The number of sulfonamides is 1. The number of hydrogen-bond donors (Lipinski definition) is 1. The Morgan fingerprint density at radius 1 is 1.08 bits per heavy atom. The lowest BCUT2D eigenvalue weighted by Crippen LogP contribution is -2.51. The molecule has 208 valence electrons. The molecule has 0 heterocycles. The lowest BCUT2D eigenvalue weighted by atomic mass is 10.1. The molecule has 1 N–H and O–H groups in total. The van der Waals surface area contributed by atoms with Gasteiger partial charge in [-0.1, -0.05) is 61.7 Å². The first kappa shape index (κ1) is 30.0. The smallest absolute Gasteiger partial charge is 0.243 e. The van der Waals surface area contributed by atoms with Gasteiger partial charge in [0.1, 0.15) is 6.04 Å². The third-order valence-electron chi connectivity index (χ3n) is 7.38. The van der Waals surface area contributed by atoms with Crippen molar-refractivity contribution in [3.05, 3.63) is 64.2 Å². The maximum absolute atomic E-state index is 13.6. The molecule has 1 aliphatic rings. The summed E-state index contributed by atoms with van der Waals surface area (Å²) in [5.74, 6) is -0.347. The number of halogens is 1. The number of amides is 2. The average molecular weight is 562 g/mol. The minimum atomic E-state index is -3.55. The standard InChI is InChI=1S/C29H40ClN3O4S/c1-5-26(29(35)31-24-14-7-8-15-24)32(20-23-13-6-9-16-25(23)30)28(34)18-11-19-33(38(4,36)37)27-17-10-12-21(2)22(27)3/h6,9-10,12-13,16-17,24,26H,5,7-8,11,14-15,18-20H2,1-4H3,(H,31,35)/t26-/m1/s1. The quantitative estimate of drug-likeness (QED) is 0.377. The lowest BCUT2D eigenvalue weighted by Gasteiger charge is -2.32. The van der Waals surface area contributed by atoms with Gasteiger partial charge in [0, 0.05) is 30.6 Å². The third-order valence-corrected chi connectivity index (χ3v) is 8.93. The van der Waals surface area contributed by atoms with E-state index in [2.05, 4.69) is 5.32 Å². The van der Waals surface area contributed by atoms with Gasteiger partial charge < -0.3 is 10.2 Å². The number of anilines is 1. The summed E-state index contributed by atoms with van der Waals surface area (Å²) in [6.45, 7) is 6.12. The summed E-state index contributed by atoms with van der Waals surface area (Å²) in [4.78, 5) is 28.5. The van der Waals surface area contributed by atoms with Gasteiger partial charge in [-0.15, -0.1) is 0 Å². The molecular formula is C29H40ClN3O4S. The van der Waals surface area contributed by atoms with E-state index in [1.54, 1.807) is 17.0 Å². The van der Waals surface area contributed by atoms with E-state index in [-0.39, 0.29) is 37.4 Å². The molecular weight excluding hydrogens is 522 g/mol. The van der Waals surface area contributed by atoms with E-state index >= 15 is 0 Å². The summed E-state index contributed by atoms with van der Waals surface area (Å²) < 4.78 is 26.7. The van der Waals surface area contributed by atoms with Crippen molar-refractivity contribution in [2.45, 2.75) is 84.3 Å². The molecule has 0 aliphatic heterocycles. The van der Waals surface area contributed by atoms with E-state index in [4.69, 9.17) is 11.6 Å². The molecule has 1 aliphatic carbocycles. The minimum Gasteiger partial charge on any atom is -0.352 e. The van der Waals surface area contributed by atoms with Crippen LogP contribution >= 0.6 is 11.6 Å². The van der Waals surface area contributed by atoms with Crippen LogP contribution in [0, 0.1) is 13.8 Å². The van der Waals surface area contributed by atoms with Crippen LogP contribution in [0.5, 0.6) is 0 Å². The first-order valence-electron chi connectivity index (χ1n) is 13.4. The highest BCUT2D eigenvalue weighted by Gasteiger charge is 2.31. The second-order valence-corrected chi connectivity index (χ2v) is 12.5.